The Morgan fingerprint density at radius 2 is 1.46 bits per heavy atom. The summed E-state index contributed by atoms with van der Waals surface area (Å²) in [6.45, 7) is 17.6. The van der Waals surface area contributed by atoms with Gasteiger partial charge in [0.15, 0.2) is 0 Å². The van der Waals surface area contributed by atoms with Gasteiger partial charge in [-0.2, -0.15) is 0 Å². The van der Waals surface area contributed by atoms with Gasteiger partial charge in [0.05, 0.1) is 0 Å². The van der Waals surface area contributed by atoms with Crippen molar-refractivity contribution in [3.63, 3.8) is 0 Å². The molecule has 0 aromatic heterocycles. The van der Waals surface area contributed by atoms with Crippen LogP contribution in [0.3, 0.4) is 0 Å². The van der Waals surface area contributed by atoms with Gasteiger partial charge >= 0.3 is 0 Å². The van der Waals surface area contributed by atoms with Crippen LogP contribution in [0.25, 0.3) is 27.8 Å². The highest BCUT2D eigenvalue weighted by molar-refractivity contribution is 5.81. The molecule has 4 unspecified atom stereocenters. The molecule has 0 aliphatic heterocycles. The van der Waals surface area contributed by atoms with Crippen LogP contribution in [0, 0.1) is 23.7 Å². The molecule has 0 fully saturated rings. The predicted molar refractivity (Wildman–Crippen MR) is 354 cm³/mol. The number of hydrogen-bond donors (Lipinski definition) is 0. The summed E-state index contributed by atoms with van der Waals surface area (Å²) in [7, 11) is 0. The average molecular weight is 1060 g/mol. The highest BCUT2D eigenvalue weighted by atomic mass is 14.3. The Bertz CT molecular complexity index is 2990. The van der Waals surface area contributed by atoms with Crippen LogP contribution in [-0.4, -0.2) is 0 Å². The normalized spacial score (nSPS) is 19.9. The van der Waals surface area contributed by atoms with E-state index < -0.39 is 0 Å². The first-order chi connectivity index (χ1) is 39.2. The van der Waals surface area contributed by atoms with E-state index in [1.807, 2.05) is 12.2 Å². The third-order valence-electron chi connectivity index (χ3n) is 17.0. The standard InChI is InChI=1S/C63H72.C17H24/c1-6-21-50(38-39-56(48(4)7-2)40-47(3)36-37-49(5)55-30-18-31-57(43-55)52-24-11-8-12-25-52)22-17-23-51-41-62(60-34-19-32-58(44-60)53-26-13-9-14-27-53)46-63(42-51)61-35-20-33-59(45-61)54-28-15-10-16-29-54;1-3-5-6-7-8-11-17-13-9-12-16(10-4-2)14-15-17/h9-11,13-19,21-22,24-32,34-37,41,43-44,46,48,51,56,59H,6-8,12,20,23,33,38-40,42,45H2,1-5H3;3,5-9,12-13,17H,1,4,10-11,14-15H2,2H3/b22-17-,47-36+,49-37+,50-21+;6-5-,8-7-/t48-,51?,56?,59?;/m1./s1. The van der Waals surface area contributed by atoms with Crippen molar-refractivity contribution in [3.05, 3.63) is 281 Å². The maximum Gasteiger partial charge on any atom is -0.0119 e. The quantitative estimate of drug-likeness (QED) is 0.0614. The van der Waals surface area contributed by atoms with E-state index in [0.717, 1.165) is 64.2 Å². The first-order valence-electron chi connectivity index (χ1n) is 31.0. The van der Waals surface area contributed by atoms with E-state index in [9.17, 15) is 0 Å². The van der Waals surface area contributed by atoms with Crippen molar-refractivity contribution < 1.29 is 0 Å². The molecule has 4 aliphatic carbocycles. The van der Waals surface area contributed by atoms with Gasteiger partial charge in [-0.05, 0) is 213 Å². The van der Waals surface area contributed by atoms with Gasteiger partial charge in [0, 0.05) is 0 Å². The lowest BCUT2D eigenvalue weighted by molar-refractivity contribution is 0.325. The lowest BCUT2D eigenvalue weighted by atomic mass is 9.76. The minimum Gasteiger partial charge on any atom is -0.0991 e. The molecule has 0 saturated carbocycles. The maximum absolute atomic E-state index is 3.65. The van der Waals surface area contributed by atoms with Crippen molar-refractivity contribution in [1.29, 1.82) is 0 Å². The molecule has 8 rings (SSSR count). The minimum atomic E-state index is 0.457. The lowest BCUT2D eigenvalue weighted by Gasteiger charge is -2.29. The van der Waals surface area contributed by atoms with E-state index in [4.69, 9.17) is 0 Å². The topological polar surface area (TPSA) is 0 Å². The maximum atomic E-state index is 3.65. The molecule has 0 heteroatoms. The predicted octanol–water partition coefficient (Wildman–Crippen LogP) is 23.8. The van der Waals surface area contributed by atoms with Crippen LogP contribution in [0.4, 0.5) is 0 Å². The monoisotopic (exact) mass is 1060 g/mol. The molecular formula is C80H96. The fourth-order valence-corrected chi connectivity index (χ4v) is 12.0. The van der Waals surface area contributed by atoms with Crippen LogP contribution < -0.4 is 0 Å². The second-order valence-corrected chi connectivity index (χ2v) is 23.2. The highest BCUT2D eigenvalue weighted by Gasteiger charge is 2.24. The average Bonchev–Trinajstić information content (AvgIpc) is 3.77. The van der Waals surface area contributed by atoms with E-state index in [1.54, 1.807) is 17.2 Å². The Labute approximate surface area is 486 Å². The van der Waals surface area contributed by atoms with Crippen molar-refractivity contribution in [2.75, 3.05) is 0 Å². The van der Waals surface area contributed by atoms with Crippen LogP contribution in [0.15, 0.2) is 259 Å². The van der Waals surface area contributed by atoms with Gasteiger partial charge in [-0.3, -0.25) is 0 Å². The first kappa shape index (κ1) is 60.9. The molecule has 0 N–H and O–H groups in total. The van der Waals surface area contributed by atoms with Gasteiger partial charge in [-0.1, -0.05) is 276 Å². The van der Waals surface area contributed by atoms with Crippen molar-refractivity contribution in [2.24, 2.45) is 23.7 Å². The van der Waals surface area contributed by atoms with Gasteiger partial charge in [0.1, 0.15) is 0 Å². The summed E-state index contributed by atoms with van der Waals surface area (Å²) in [5, 5.41) is 0. The third kappa shape index (κ3) is 19.8. The van der Waals surface area contributed by atoms with Crippen LogP contribution in [0.5, 0.6) is 0 Å². The van der Waals surface area contributed by atoms with Crippen molar-refractivity contribution in [1.82, 2.24) is 0 Å². The Kier molecular flexibility index (Phi) is 25.7. The lowest BCUT2D eigenvalue weighted by Crippen LogP contribution is -2.12. The second kappa shape index (κ2) is 33.7. The van der Waals surface area contributed by atoms with Gasteiger partial charge < -0.3 is 0 Å². The minimum absolute atomic E-state index is 0.457. The number of hydrogen-bond acceptors (Lipinski definition) is 0. The molecule has 0 amide bonds. The van der Waals surface area contributed by atoms with Crippen LogP contribution in [-0.2, 0) is 0 Å². The zero-order valence-electron chi connectivity index (χ0n) is 50.0. The van der Waals surface area contributed by atoms with Gasteiger partial charge in [-0.15, -0.1) is 0 Å². The number of rotatable bonds is 24. The van der Waals surface area contributed by atoms with E-state index in [0.29, 0.717) is 29.6 Å². The molecule has 0 radical (unpaired) electrons. The summed E-state index contributed by atoms with van der Waals surface area (Å²) < 4.78 is 0. The molecule has 0 heterocycles. The Hall–Kier alpha value is -6.76. The summed E-state index contributed by atoms with van der Waals surface area (Å²) in [6, 6.07) is 40.3. The first-order valence-corrected chi connectivity index (χ1v) is 31.0. The molecule has 80 heavy (non-hydrogen) atoms. The molecule has 0 bridgehead atoms. The van der Waals surface area contributed by atoms with E-state index >= 15 is 0 Å². The van der Waals surface area contributed by atoms with Crippen molar-refractivity contribution in [2.45, 2.75) is 157 Å². The zero-order valence-corrected chi connectivity index (χ0v) is 50.0. The molecule has 4 aromatic carbocycles. The van der Waals surface area contributed by atoms with Gasteiger partial charge in [0.25, 0.3) is 0 Å². The highest BCUT2D eigenvalue weighted by Crippen LogP contribution is 2.42. The van der Waals surface area contributed by atoms with E-state index in [2.05, 4.69) is 255 Å². The van der Waals surface area contributed by atoms with E-state index in [1.165, 1.54) is 112 Å². The fourth-order valence-electron chi connectivity index (χ4n) is 12.0. The fraction of sp³-hybridized carbons (Fsp3) is 0.350. The second-order valence-electron chi connectivity index (χ2n) is 23.2. The van der Waals surface area contributed by atoms with Crippen LogP contribution >= 0.6 is 0 Å². The Morgan fingerprint density at radius 1 is 0.700 bits per heavy atom. The summed E-state index contributed by atoms with van der Waals surface area (Å²) in [5.41, 5.74) is 19.7. The van der Waals surface area contributed by atoms with Crippen molar-refractivity contribution >= 4 is 16.7 Å². The zero-order chi connectivity index (χ0) is 56.2. The Balaban J connectivity index is 0.000000465. The van der Waals surface area contributed by atoms with E-state index in [-0.39, 0.29) is 0 Å². The van der Waals surface area contributed by atoms with Gasteiger partial charge in [0.2, 0.25) is 0 Å². The summed E-state index contributed by atoms with van der Waals surface area (Å²) >= 11 is 0. The summed E-state index contributed by atoms with van der Waals surface area (Å²) in [5.74, 6) is 3.10. The molecular weight excluding hydrogens is 961 g/mol. The number of allylic oxidation sites excluding steroid dienone is 27. The van der Waals surface area contributed by atoms with Gasteiger partial charge in [-0.25, -0.2) is 0 Å². The molecule has 0 spiro atoms. The smallest absolute Gasteiger partial charge is 0.0119 e. The molecule has 0 saturated heterocycles. The third-order valence-corrected chi connectivity index (χ3v) is 17.0. The molecule has 416 valence electrons. The molecule has 4 aliphatic rings. The molecule has 5 atom stereocenters. The summed E-state index contributed by atoms with van der Waals surface area (Å²) in [6.07, 6.45) is 63.8. The van der Waals surface area contributed by atoms with Crippen molar-refractivity contribution in [3.8, 4) is 11.1 Å². The number of benzene rings is 4. The Morgan fingerprint density at radius 3 is 2.23 bits per heavy atom. The van der Waals surface area contributed by atoms with Crippen LogP contribution in [0.2, 0.25) is 0 Å². The SMILES string of the molecule is C=C/C=C\C=C/CC1C=CC=C(CCC)CC1.CC/C=C(\C=C/CC1C=C(c2cccc(-c3ccccc3)c2)C=C(C2=CCCC(c3ccccc3)C2)C1)CCC(C/C(C)=C/C=C(\C)c1cccc(C2=CCCC=C2)c1)[C@H](C)CC. The largest absolute Gasteiger partial charge is 0.0991 e. The molecule has 0 nitrogen and oxygen atoms in total. The molecule has 4 aromatic rings. The summed E-state index contributed by atoms with van der Waals surface area (Å²) in [4.78, 5) is 0. The van der Waals surface area contributed by atoms with Crippen LogP contribution in [0.1, 0.15) is 179 Å².